The lowest BCUT2D eigenvalue weighted by Crippen LogP contribution is -2.25. The molecule has 0 saturated heterocycles. The van der Waals surface area contributed by atoms with E-state index in [1.54, 1.807) is 0 Å². The summed E-state index contributed by atoms with van der Waals surface area (Å²) in [6, 6.07) is 0.526. The third kappa shape index (κ3) is 2.83. The van der Waals surface area contributed by atoms with Crippen molar-refractivity contribution in [1.82, 2.24) is 15.0 Å². The van der Waals surface area contributed by atoms with Crippen molar-refractivity contribution in [2.75, 3.05) is 17.2 Å². The minimum absolute atomic E-state index is 0.244. The Bertz CT molecular complexity index is 418. The minimum Gasteiger partial charge on any atom is -0.354 e. The van der Waals surface area contributed by atoms with Gasteiger partial charge in [-0.3, -0.25) is 0 Å². The van der Waals surface area contributed by atoms with Crippen LogP contribution in [0.5, 0.6) is 0 Å². The number of aromatic nitrogens is 3. The van der Waals surface area contributed by atoms with Crippen LogP contribution in [0.25, 0.3) is 0 Å². The Balaban J connectivity index is 1.73. The number of hydrogen-bond acceptors (Lipinski definition) is 5. The molecule has 0 aliphatic heterocycles. The van der Waals surface area contributed by atoms with Crippen molar-refractivity contribution in [3.63, 3.8) is 0 Å². The summed E-state index contributed by atoms with van der Waals surface area (Å²) in [6.07, 6.45) is 5.31. The predicted octanol–water partition coefficient (Wildman–Crippen LogP) is 2.56. The van der Waals surface area contributed by atoms with Crippen LogP contribution in [0.2, 0.25) is 5.28 Å². The zero-order valence-electron chi connectivity index (χ0n) is 10.5. The molecule has 2 aliphatic rings. The average molecular weight is 268 g/mol. The number of rotatable bonds is 6. The molecule has 0 bridgehead atoms. The van der Waals surface area contributed by atoms with Crippen molar-refractivity contribution in [1.29, 1.82) is 0 Å². The first-order chi connectivity index (χ1) is 8.76. The van der Waals surface area contributed by atoms with Gasteiger partial charge < -0.3 is 10.6 Å². The Morgan fingerprint density at radius 2 is 1.72 bits per heavy atom. The van der Waals surface area contributed by atoms with E-state index in [9.17, 15) is 0 Å². The fourth-order valence-electron chi connectivity index (χ4n) is 2.33. The van der Waals surface area contributed by atoms with Crippen molar-refractivity contribution >= 4 is 23.5 Å². The lowest BCUT2D eigenvalue weighted by molar-refractivity contribution is 0.563. The van der Waals surface area contributed by atoms with Gasteiger partial charge >= 0.3 is 0 Å². The summed E-state index contributed by atoms with van der Waals surface area (Å²) in [5.41, 5.74) is 0. The number of hydrogen-bond donors (Lipinski definition) is 2. The van der Waals surface area contributed by atoms with Gasteiger partial charge in [0.25, 0.3) is 0 Å². The third-order valence-electron chi connectivity index (χ3n) is 3.50. The molecular weight excluding hydrogens is 250 g/mol. The number of anilines is 2. The van der Waals surface area contributed by atoms with E-state index in [2.05, 4.69) is 25.6 Å². The molecule has 98 valence electrons. The van der Waals surface area contributed by atoms with Gasteiger partial charge in [-0.2, -0.15) is 15.0 Å². The van der Waals surface area contributed by atoms with Crippen LogP contribution in [0.4, 0.5) is 11.9 Å². The Morgan fingerprint density at radius 3 is 2.28 bits per heavy atom. The van der Waals surface area contributed by atoms with Crippen LogP contribution in [-0.2, 0) is 0 Å². The zero-order valence-corrected chi connectivity index (χ0v) is 11.2. The molecule has 2 saturated carbocycles. The summed E-state index contributed by atoms with van der Waals surface area (Å²) in [7, 11) is 0. The fraction of sp³-hybridized carbons (Fsp3) is 0.750. The highest BCUT2D eigenvalue weighted by atomic mass is 35.5. The quantitative estimate of drug-likeness (QED) is 0.829. The summed E-state index contributed by atoms with van der Waals surface area (Å²) >= 11 is 5.92. The molecule has 0 atom stereocenters. The van der Waals surface area contributed by atoms with Gasteiger partial charge in [-0.15, -0.1) is 0 Å². The van der Waals surface area contributed by atoms with E-state index in [0.717, 1.165) is 18.4 Å². The van der Waals surface area contributed by atoms with E-state index in [1.165, 1.54) is 25.7 Å². The molecule has 0 unspecified atom stereocenters. The number of nitrogens with one attached hydrogen (secondary N) is 2. The molecule has 0 radical (unpaired) electrons. The molecule has 2 aliphatic carbocycles. The summed E-state index contributed by atoms with van der Waals surface area (Å²) < 4.78 is 0. The van der Waals surface area contributed by atoms with E-state index in [-0.39, 0.29) is 5.28 Å². The lowest BCUT2D eigenvalue weighted by Gasteiger charge is -2.17. The number of nitrogens with zero attached hydrogens (tertiary/aromatic N) is 3. The average Bonchev–Trinajstić information content (AvgIpc) is 3.18. The van der Waals surface area contributed by atoms with Crippen LogP contribution < -0.4 is 10.6 Å². The van der Waals surface area contributed by atoms with Crippen molar-refractivity contribution in [3.05, 3.63) is 5.28 Å². The predicted molar refractivity (Wildman–Crippen MR) is 71.9 cm³/mol. The molecular formula is C12H18ClN5. The van der Waals surface area contributed by atoms with Crippen LogP contribution in [-0.4, -0.2) is 27.5 Å². The Hall–Kier alpha value is -1.10. The van der Waals surface area contributed by atoms with Crippen molar-refractivity contribution < 1.29 is 0 Å². The lowest BCUT2D eigenvalue weighted by atomic mass is 10.1. The molecule has 18 heavy (non-hydrogen) atoms. The van der Waals surface area contributed by atoms with Crippen LogP contribution in [0.3, 0.4) is 0 Å². The highest BCUT2D eigenvalue weighted by molar-refractivity contribution is 6.28. The SMILES string of the molecule is CCNc1nc(Cl)nc(NC(C2CC2)C2CC2)n1. The van der Waals surface area contributed by atoms with Crippen molar-refractivity contribution in [3.8, 4) is 0 Å². The smallest absolute Gasteiger partial charge is 0.229 e. The Morgan fingerprint density at radius 1 is 1.11 bits per heavy atom. The monoisotopic (exact) mass is 267 g/mol. The van der Waals surface area contributed by atoms with Gasteiger partial charge in [-0.05, 0) is 56.0 Å². The largest absolute Gasteiger partial charge is 0.354 e. The highest BCUT2D eigenvalue weighted by Crippen LogP contribution is 2.45. The molecule has 2 fully saturated rings. The topological polar surface area (TPSA) is 62.7 Å². The fourth-order valence-corrected chi connectivity index (χ4v) is 2.49. The molecule has 1 heterocycles. The standard InChI is InChI=1S/C12H18ClN5/c1-2-14-11-16-10(13)17-12(18-11)15-9(7-3-4-7)8-5-6-8/h7-9H,2-6H2,1H3,(H2,14,15,16,17,18). The second-order valence-corrected chi connectivity index (χ2v) is 5.47. The third-order valence-corrected chi connectivity index (χ3v) is 3.67. The first kappa shape index (κ1) is 12.0. The normalized spacial score (nSPS) is 19.1. The second kappa shape index (κ2) is 4.88. The van der Waals surface area contributed by atoms with Crippen molar-refractivity contribution in [2.45, 2.75) is 38.6 Å². The summed E-state index contributed by atoms with van der Waals surface area (Å²) in [5, 5.41) is 6.77. The van der Waals surface area contributed by atoms with E-state index < -0.39 is 0 Å². The maximum Gasteiger partial charge on any atom is 0.229 e. The molecule has 1 aromatic heterocycles. The minimum atomic E-state index is 0.244. The van der Waals surface area contributed by atoms with E-state index in [1.807, 2.05) is 6.92 Å². The van der Waals surface area contributed by atoms with Gasteiger partial charge in [-0.25, -0.2) is 0 Å². The maximum atomic E-state index is 5.92. The van der Waals surface area contributed by atoms with Gasteiger partial charge in [-0.1, -0.05) is 0 Å². The first-order valence-electron chi connectivity index (χ1n) is 6.68. The Kier molecular flexibility index (Phi) is 3.24. The highest BCUT2D eigenvalue weighted by Gasteiger charge is 2.41. The van der Waals surface area contributed by atoms with Crippen molar-refractivity contribution in [2.24, 2.45) is 11.8 Å². The van der Waals surface area contributed by atoms with Crippen LogP contribution in [0, 0.1) is 11.8 Å². The molecule has 6 heteroatoms. The molecule has 1 aromatic rings. The van der Waals surface area contributed by atoms with Crippen LogP contribution in [0.1, 0.15) is 32.6 Å². The summed E-state index contributed by atoms with van der Waals surface area (Å²) in [4.78, 5) is 12.6. The molecule has 2 N–H and O–H groups in total. The maximum absolute atomic E-state index is 5.92. The van der Waals surface area contributed by atoms with E-state index in [4.69, 9.17) is 11.6 Å². The summed E-state index contributed by atoms with van der Waals surface area (Å²) in [5.74, 6) is 2.76. The molecule has 3 rings (SSSR count). The van der Waals surface area contributed by atoms with E-state index in [0.29, 0.717) is 17.9 Å². The molecule has 0 aromatic carbocycles. The zero-order chi connectivity index (χ0) is 12.5. The van der Waals surface area contributed by atoms with Gasteiger partial charge in [0, 0.05) is 12.6 Å². The first-order valence-corrected chi connectivity index (χ1v) is 7.06. The van der Waals surface area contributed by atoms with E-state index >= 15 is 0 Å². The van der Waals surface area contributed by atoms with Crippen LogP contribution >= 0.6 is 11.6 Å². The molecule has 5 nitrogen and oxygen atoms in total. The van der Waals surface area contributed by atoms with Gasteiger partial charge in [0.1, 0.15) is 0 Å². The second-order valence-electron chi connectivity index (χ2n) is 5.13. The van der Waals surface area contributed by atoms with Gasteiger partial charge in [0.05, 0.1) is 0 Å². The van der Waals surface area contributed by atoms with Crippen LogP contribution in [0.15, 0.2) is 0 Å². The summed E-state index contributed by atoms with van der Waals surface area (Å²) in [6.45, 7) is 2.77. The van der Waals surface area contributed by atoms with Gasteiger partial charge in [0.15, 0.2) is 0 Å². The number of halogens is 1. The van der Waals surface area contributed by atoms with Gasteiger partial charge in [0.2, 0.25) is 17.2 Å². The molecule has 0 amide bonds. The Labute approximate surface area is 112 Å². The molecule has 0 spiro atoms.